The summed E-state index contributed by atoms with van der Waals surface area (Å²) in [5.74, 6) is -1.37. The maximum Gasteiger partial charge on any atom is 0.331 e. The summed E-state index contributed by atoms with van der Waals surface area (Å²) in [6, 6.07) is 6.93. The molecule has 28 heavy (non-hydrogen) atoms. The predicted octanol–water partition coefficient (Wildman–Crippen LogP) is 2.72. The molecule has 1 aromatic heterocycles. The van der Waals surface area contributed by atoms with Crippen LogP contribution in [0.1, 0.15) is 24.7 Å². The van der Waals surface area contributed by atoms with Gasteiger partial charge in [0, 0.05) is 17.9 Å². The summed E-state index contributed by atoms with van der Waals surface area (Å²) in [7, 11) is 0. The van der Waals surface area contributed by atoms with Crippen molar-refractivity contribution in [3.63, 3.8) is 0 Å². The number of rotatable bonds is 3. The van der Waals surface area contributed by atoms with Gasteiger partial charge in [-0.05, 0) is 55.7 Å². The van der Waals surface area contributed by atoms with Crippen molar-refractivity contribution in [2.24, 2.45) is 0 Å². The van der Waals surface area contributed by atoms with E-state index in [-0.39, 0.29) is 24.0 Å². The first-order chi connectivity index (χ1) is 13.4. The summed E-state index contributed by atoms with van der Waals surface area (Å²) < 4.78 is 18.8. The Morgan fingerprint density at radius 1 is 1.29 bits per heavy atom. The molecule has 2 aliphatic heterocycles. The van der Waals surface area contributed by atoms with Crippen LogP contribution in [0.25, 0.3) is 0 Å². The van der Waals surface area contributed by atoms with Crippen molar-refractivity contribution < 1.29 is 23.2 Å². The first kappa shape index (κ1) is 18.0. The standard InChI is InChI=1S/C20H18FN3O4/c1-12-4-5-13-9-14(21)6-7-17(13)23(12)11-16-18(25)22-20(27)24(19(16)26)10-15-3-2-8-28-15/h2-3,6-9,11-12H,4-5,10H2,1H3,(H,22,25,27)/b16-11+/t12-/m0/s1. The third-order valence-corrected chi connectivity index (χ3v) is 4.97. The molecule has 0 radical (unpaired) electrons. The van der Waals surface area contributed by atoms with Crippen molar-refractivity contribution in [1.82, 2.24) is 10.2 Å². The van der Waals surface area contributed by atoms with Gasteiger partial charge in [0.05, 0.1) is 12.8 Å². The van der Waals surface area contributed by atoms with E-state index >= 15 is 0 Å². The van der Waals surface area contributed by atoms with Crippen molar-refractivity contribution in [3.05, 3.63) is 65.5 Å². The van der Waals surface area contributed by atoms with Gasteiger partial charge in [0.1, 0.15) is 17.2 Å². The molecule has 0 aliphatic carbocycles. The highest BCUT2D eigenvalue weighted by Gasteiger charge is 2.37. The van der Waals surface area contributed by atoms with Gasteiger partial charge in [-0.25, -0.2) is 9.18 Å². The van der Waals surface area contributed by atoms with Gasteiger partial charge in [0.2, 0.25) is 0 Å². The average Bonchev–Trinajstić information content (AvgIpc) is 3.17. The molecular formula is C20H18FN3O4. The second-order valence-electron chi connectivity index (χ2n) is 6.84. The highest BCUT2D eigenvalue weighted by molar-refractivity contribution is 6.28. The van der Waals surface area contributed by atoms with Crippen molar-refractivity contribution in [1.29, 1.82) is 0 Å². The second-order valence-corrected chi connectivity index (χ2v) is 6.84. The SMILES string of the molecule is C[C@H]1CCc2cc(F)ccc2N1/C=C1\C(=O)NC(=O)N(Cc2ccco2)C1=O. The molecule has 4 amide bonds. The minimum Gasteiger partial charge on any atom is -0.467 e. The normalized spacial score (nSPS) is 21.1. The van der Waals surface area contributed by atoms with Crippen LogP contribution in [0.3, 0.4) is 0 Å². The number of barbiturate groups is 1. The first-order valence-corrected chi connectivity index (χ1v) is 8.92. The predicted molar refractivity (Wildman–Crippen MR) is 97.5 cm³/mol. The number of hydrogen-bond donors (Lipinski definition) is 1. The van der Waals surface area contributed by atoms with Crippen LogP contribution in [0.2, 0.25) is 0 Å². The Morgan fingerprint density at radius 3 is 2.86 bits per heavy atom. The Kier molecular flexibility index (Phi) is 4.46. The number of fused-ring (bicyclic) bond motifs is 1. The maximum absolute atomic E-state index is 13.6. The molecule has 1 atom stereocenters. The van der Waals surface area contributed by atoms with Gasteiger partial charge >= 0.3 is 6.03 Å². The number of halogens is 1. The number of imide groups is 2. The summed E-state index contributed by atoms with van der Waals surface area (Å²) in [5.41, 5.74) is 1.39. The van der Waals surface area contributed by atoms with E-state index in [9.17, 15) is 18.8 Å². The molecule has 0 unspecified atom stereocenters. The molecule has 2 aromatic rings. The first-order valence-electron chi connectivity index (χ1n) is 8.92. The largest absolute Gasteiger partial charge is 0.467 e. The highest BCUT2D eigenvalue weighted by Crippen LogP contribution is 2.32. The monoisotopic (exact) mass is 383 g/mol. The summed E-state index contributed by atoms with van der Waals surface area (Å²) in [4.78, 5) is 40.1. The molecule has 0 saturated carbocycles. The lowest BCUT2D eigenvalue weighted by molar-refractivity contribution is -0.130. The smallest absolute Gasteiger partial charge is 0.331 e. The van der Waals surface area contributed by atoms with E-state index in [1.54, 1.807) is 23.1 Å². The van der Waals surface area contributed by atoms with Gasteiger partial charge in [0.25, 0.3) is 11.8 Å². The fourth-order valence-electron chi connectivity index (χ4n) is 3.47. The van der Waals surface area contributed by atoms with Crippen LogP contribution in [-0.4, -0.2) is 28.8 Å². The number of carbonyl (C=O) groups is 3. The third kappa shape index (κ3) is 3.17. The molecule has 1 N–H and O–H groups in total. The zero-order valence-corrected chi connectivity index (χ0v) is 15.1. The molecule has 1 aromatic carbocycles. The number of nitrogens with one attached hydrogen (secondary N) is 1. The number of anilines is 1. The topological polar surface area (TPSA) is 82.9 Å². The van der Waals surface area contributed by atoms with Gasteiger partial charge in [-0.3, -0.25) is 19.8 Å². The number of carbonyl (C=O) groups excluding carboxylic acids is 3. The lowest BCUT2D eigenvalue weighted by Gasteiger charge is -2.35. The van der Waals surface area contributed by atoms with Crippen LogP contribution in [0.15, 0.2) is 52.8 Å². The van der Waals surface area contributed by atoms with Crippen LogP contribution in [-0.2, 0) is 22.6 Å². The molecule has 3 heterocycles. The summed E-state index contributed by atoms with van der Waals surface area (Å²) in [6.45, 7) is 1.87. The van der Waals surface area contributed by atoms with Crippen LogP contribution in [0, 0.1) is 5.82 Å². The van der Waals surface area contributed by atoms with E-state index < -0.39 is 17.8 Å². The number of furan rings is 1. The number of benzene rings is 1. The molecule has 0 spiro atoms. The van der Waals surface area contributed by atoms with Crippen LogP contribution in [0.5, 0.6) is 0 Å². The van der Waals surface area contributed by atoms with Gasteiger partial charge in [0.15, 0.2) is 0 Å². The summed E-state index contributed by atoms with van der Waals surface area (Å²) in [5, 5.41) is 2.19. The molecule has 1 saturated heterocycles. The molecule has 1 fully saturated rings. The number of nitrogens with zero attached hydrogens (tertiary/aromatic N) is 2. The van der Waals surface area contributed by atoms with E-state index in [2.05, 4.69) is 5.32 Å². The van der Waals surface area contributed by atoms with Crippen molar-refractivity contribution in [2.45, 2.75) is 32.4 Å². The minimum absolute atomic E-state index is 0.00205. The number of urea groups is 1. The zero-order valence-electron chi connectivity index (χ0n) is 15.1. The summed E-state index contributed by atoms with van der Waals surface area (Å²) in [6.07, 6.45) is 4.33. The quantitative estimate of drug-likeness (QED) is 0.651. The molecular weight excluding hydrogens is 365 g/mol. The molecule has 7 nitrogen and oxygen atoms in total. The summed E-state index contributed by atoms with van der Waals surface area (Å²) >= 11 is 0. The fraction of sp³-hybridized carbons (Fsp3) is 0.250. The Morgan fingerprint density at radius 2 is 2.11 bits per heavy atom. The van der Waals surface area contributed by atoms with Crippen molar-refractivity contribution in [3.8, 4) is 0 Å². The Bertz CT molecular complexity index is 983. The van der Waals surface area contributed by atoms with Gasteiger partial charge in [-0.1, -0.05) is 0 Å². The average molecular weight is 383 g/mol. The number of amides is 4. The van der Waals surface area contributed by atoms with Crippen molar-refractivity contribution in [2.75, 3.05) is 4.90 Å². The van der Waals surface area contributed by atoms with Crippen molar-refractivity contribution >= 4 is 23.5 Å². The number of hydrogen-bond acceptors (Lipinski definition) is 5. The second kappa shape index (κ2) is 6.95. The molecule has 4 rings (SSSR count). The lowest BCUT2D eigenvalue weighted by atomic mass is 9.96. The molecule has 8 heteroatoms. The van der Waals surface area contributed by atoms with Crippen LogP contribution < -0.4 is 10.2 Å². The van der Waals surface area contributed by atoms with E-state index in [0.717, 1.165) is 22.6 Å². The Hall–Kier alpha value is -3.42. The van der Waals surface area contributed by atoms with Gasteiger partial charge < -0.3 is 9.32 Å². The Balaban J connectivity index is 1.69. The van der Waals surface area contributed by atoms with E-state index in [1.165, 1.54) is 24.6 Å². The Labute approximate surface area is 160 Å². The van der Waals surface area contributed by atoms with Gasteiger partial charge in [-0.2, -0.15) is 0 Å². The van der Waals surface area contributed by atoms with Crippen LogP contribution in [0.4, 0.5) is 14.9 Å². The van der Waals surface area contributed by atoms with E-state index in [0.29, 0.717) is 12.2 Å². The molecule has 2 aliphatic rings. The molecule has 0 bridgehead atoms. The zero-order chi connectivity index (χ0) is 19.8. The molecule has 144 valence electrons. The third-order valence-electron chi connectivity index (χ3n) is 4.97. The van der Waals surface area contributed by atoms with Gasteiger partial charge in [-0.15, -0.1) is 0 Å². The maximum atomic E-state index is 13.6. The lowest BCUT2D eigenvalue weighted by Crippen LogP contribution is -2.54. The van der Waals surface area contributed by atoms with Crippen LogP contribution >= 0.6 is 0 Å². The highest BCUT2D eigenvalue weighted by atomic mass is 19.1. The minimum atomic E-state index is -0.794. The van der Waals surface area contributed by atoms with E-state index in [4.69, 9.17) is 4.42 Å². The number of aryl methyl sites for hydroxylation is 1. The fourth-order valence-corrected chi connectivity index (χ4v) is 3.47. The van der Waals surface area contributed by atoms with E-state index in [1.807, 2.05) is 6.92 Å².